The van der Waals surface area contributed by atoms with Gasteiger partial charge in [0.1, 0.15) is 5.65 Å². The molecule has 0 aromatic carbocycles. The average molecular weight is 318 g/mol. The summed E-state index contributed by atoms with van der Waals surface area (Å²) in [6.45, 7) is 0. The number of nitrogen functional groups attached to an aromatic ring is 1. The standard InChI is InChI=1S/C17H14N6O/c1-24-16-5-3-11(8-21-16)12-2-4-15-20-9-14(23(15)10-12)13-6-7-19-17(18)22-13/h2-10H,1H3,(H2,18,19,22). The minimum absolute atomic E-state index is 0.234. The van der Waals surface area contributed by atoms with Crippen molar-refractivity contribution >= 4 is 11.6 Å². The molecule has 0 aliphatic carbocycles. The first kappa shape index (κ1) is 14.1. The van der Waals surface area contributed by atoms with Gasteiger partial charge in [-0.05, 0) is 24.3 Å². The topological polar surface area (TPSA) is 91.2 Å². The summed E-state index contributed by atoms with van der Waals surface area (Å²) in [5.41, 5.74) is 10.1. The quantitative estimate of drug-likeness (QED) is 0.624. The number of anilines is 1. The Kier molecular flexibility index (Phi) is 3.31. The van der Waals surface area contributed by atoms with Crippen LogP contribution in [0.5, 0.6) is 5.88 Å². The normalized spacial score (nSPS) is 10.9. The molecule has 0 saturated carbocycles. The highest BCUT2D eigenvalue weighted by Gasteiger charge is 2.09. The number of hydrogen-bond donors (Lipinski definition) is 1. The fourth-order valence-electron chi connectivity index (χ4n) is 2.53. The molecule has 0 atom stereocenters. The third-order valence-corrected chi connectivity index (χ3v) is 3.72. The van der Waals surface area contributed by atoms with Gasteiger partial charge in [-0.1, -0.05) is 0 Å². The van der Waals surface area contributed by atoms with E-state index in [0.29, 0.717) is 5.88 Å². The SMILES string of the molecule is COc1ccc(-c2ccc3ncc(-c4ccnc(N)n4)n3c2)cn1. The monoisotopic (exact) mass is 318 g/mol. The molecule has 24 heavy (non-hydrogen) atoms. The molecule has 0 saturated heterocycles. The third kappa shape index (κ3) is 2.41. The van der Waals surface area contributed by atoms with E-state index in [9.17, 15) is 0 Å². The second-order valence-electron chi connectivity index (χ2n) is 5.18. The lowest BCUT2D eigenvalue weighted by Gasteiger charge is -2.06. The van der Waals surface area contributed by atoms with Crippen LogP contribution in [0.2, 0.25) is 0 Å². The van der Waals surface area contributed by atoms with Crippen molar-refractivity contribution in [1.82, 2.24) is 24.3 Å². The van der Waals surface area contributed by atoms with Crippen molar-refractivity contribution in [3.8, 4) is 28.4 Å². The van der Waals surface area contributed by atoms with Crippen LogP contribution >= 0.6 is 0 Å². The molecular weight excluding hydrogens is 304 g/mol. The Hall–Kier alpha value is -3.48. The van der Waals surface area contributed by atoms with E-state index in [1.54, 1.807) is 31.8 Å². The molecule has 0 aliphatic rings. The lowest BCUT2D eigenvalue weighted by molar-refractivity contribution is 0.398. The molecule has 0 spiro atoms. The molecule has 0 amide bonds. The zero-order chi connectivity index (χ0) is 16.5. The van der Waals surface area contributed by atoms with Gasteiger partial charge in [-0.3, -0.25) is 4.40 Å². The van der Waals surface area contributed by atoms with Crippen molar-refractivity contribution < 1.29 is 4.74 Å². The van der Waals surface area contributed by atoms with Crippen molar-refractivity contribution in [2.75, 3.05) is 12.8 Å². The van der Waals surface area contributed by atoms with Crippen molar-refractivity contribution in [3.05, 3.63) is 55.1 Å². The van der Waals surface area contributed by atoms with Crippen molar-refractivity contribution in [2.45, 2.75) is 0 Å². The largest absolute Gasteiger partial charge is 0.481 e. The first-order valence-corrected chi connectivity index (χ1v) is 7.31. The molecule has 0 fully saturated rings. The maximum Gasteiger partial charge on any atom is 0.220 e. The van der Waals surface area contributed by atoms with Crippen LogP contribution in [-0.4, -0.2) is 31.4 Å². The lowest BCUT2D eigenvalue weighted by atomic mass is 10.1. The predicted octanol–water partition coefficient (Wildman–Crippen LogP) is 2.44. The first-order chi connectivity index (χ1) is 11.7. The summed E-state index contributed by atoms with van der Waals surface area (Å²) in [5, 5.41) is 0. The highest BCUT2D eigenvalue weighted by molar-refractivity contribution is 5.67. The van der Waals surface area contributed by atoms with Gasteiger partial charge in [-0.2, -0.15) is 0 Å². The molecule has 4 aromatic heterocycles. The van der Waals surface area contributed by atoms with Crippen LogP contribution in [0.4, 0.5) is 5.95 Å². The molecule has 7 heteroatoms. The summed E-state index contributed by atoms with van der Waals surface area (Å²) in [7, 11) is 1.60. The van der Waals surface area contributed by atoms with Gasteiger partial charge < -0.3 is 10.5 Å². The lowest BCUT2D eigenvalue weighted by Crippen LogP contribution is -1.97. The van der Waals surface area contributed by atoms with E-state index in [4.69, 9.17) is 10.5 Å². The van der Waals surface area contributed by atoms with Crippen molar-refractivity contribution in [3.63, 3.8) is 0 Å². The van der Waals surface area contributed by atoms with E-state index in [1.165, 1.54) is 0 Å². The highest BCUT2D eigenvalue weighted by Crippen LogP contribution is 2.24. The van der Waals surface area contributed by atoms with E-state index in [-0.39, 0.29) is 5.95 Å². The second kappa shape index (κ2) is 5.62. The Morgan fingerprint density at radius 3 is 2.58 bits per heavy atom. The predicted molar refractivity (Wildman–Crippen MR) is 90.4 cm³/mol. The number of hydrogen-bond acceptors (Lipinski definition) is 6. The minimum Gasteiger partial charge on any atom is -0.481 e. The molecule has 118 valence electrons. The highest BCUT2D eigenvalue weighted by atomic mass is 16.5. The van der Waals surface area contributed by atoms with Crippen LogP contribution in [0.15, 0.2) is 55.1 Å². The summed E-state index contributed by atoms with van der Waals surface area (Å²) in [4.78, 5) is 16.9. The van der Waals surface area contributed by atoms with Gasteiger partial charge in [-0.25, -0.2) is 19.9 Å². The molecule has 7 nitrogen and oxygen atoms in total. The molecule has 2 N–H and O–H groups in total. The Morgan fingerprint density at radius 1 is 0.958 bits per heavy atom. The van der Waals surface area contributed by atoms with Crippen LogP contribution in [0.3, 0.4) is 0 Å². The number of nitrogens with zero attached hydrogens (tertiary/aromatic N) is 5. The number of fused-ring (bicyclic) bond motifs is 1. The van der Waals surface area contributed by atoms with Gasteiger partial charge in [-0.15, -0.1) is 0 Å². The number of methoxy groups -OCH3 is 1. The van der Waals surface area contributed by atoms with E-state index in [2.05, 4.69) is 19.9 Å². The Morgan fingerprint density at radius 2 is 1.83 bits per heavy atom. The molecule has 4 rings (SSSR count). The molecule has 0 radical (unpaired) electrons. The smallest absolute Gasteiger partial charge is 0.220 e. The summed E-state index contributed by atoms with van der Waals surface area (Å²) in [6, 6.07) is 9.56. The molecular formula is C17H14N6O. The van der Waals surface area contributed by atoms with E-state index < -0.39 is 0 Å². The number of ether oxygens (including phenoxy) is 1. The van der Waals surface area contributed by atoms with Gasteiger partial charge in [0.25, 0.3) is 0 Å². The number of rotatable bonds is 3. The van der Waals surface area contributed by atoms with Crippen LogP contribution < -0.4 is 10.5 Å². The van der Waals surface area contributed by atoms with E-state index >= 15 is 0 Å². The molecule has 4 aromatic rings. The fraction of sp³-hybridized carbons (Fsp3) is 0.0588. The third-order valence-electron chi connectivity index (χ3n) is 3.72. The fourth-order valence-corrected chi connectivity index (χ4v) is 2.53. The van der Waals surface area contributed by atoms with Crippen LogP contribution in [0, 0.1) is 0 Å². The van der Waals surface area contributed by atoms with Gasteiger partial charge in [0.05, 0.1) is 24.7 Å². The Labute approximate surface area is 137 Å². The maximum absolute atomic E-state index is 5.69. The van der Waals surface area contributed by atoms with Gasteiger partial charge >= 0.3 is 0 Å². The number of pyridine rings is 2. The zero-order valence-electron chi connectivity index (χ0n) is 12.9. The molecule has 0 aliphatic heterocycles. The second-order valence-corrected chi connectivity index (χ2v) is 5.18. The summed E-state index contributed by atoms with van der Waals surface area (Å²) in [6.07, 6.45) is 7.18. The zero-order valence-corrected chi connectivity index (χ0v) is 12.9. The van der Waals surface area contributed by atoms with Crippen LogP contribution in [-0.2, 0) is 0 Å². The number of imidazole rings is 1. The van der Waals surface area contributed by atoms with Gasteiger partial charge in [0.15, 0.2) is 0 Å². The Bertz CT molecular complexity index is 1010. The van der Waals surface area contributed by atoms with Crippen molar-refractivity contribution in [1.29, 1.82) is 0 Å². The first-order valence-electron chi connectivity index (χ1n) is 7.31. The number of aromatic nitrogens is 5. The molecule has 0 bridgehead atoms. The van der Waals surface area contributed by atoms with E-state index in [1.807, 2.05) is 34.9 Å². The van der Waals surface area contributed by atoms with Gasteiger partial charge in [0, 0.05) is 35.8 Å². The Balaban J connectivity index is 1.83. The average Bonchev–Trinajstić information content (AvgIpc) is 3.05. The van der Waals surface area contributed by atoms with Crippen LogP contribution in [0.1, 0.15) is 0 Å². The van der Waals surface area contributed by atoms with Gasteiger partial charge in [0.2, 0.25) is 11.8 Å². The summed E-state index contributed by atoms with van der Waals surface area (Å²) < 4.78 is 7.07. The van der Waals surface area contributed by atoms with Crippen LogP contribution in [0.25, 0.3) is 28.2 Å². The maximum atomic E-state index is 5.69. The molecule has 0 unspecified atom stereocenters. The summed E-state index contributed by atoms with van der Waals surface area (Å²) >= 11 is 0. The van der Waals surface area contributed by atoms with E-state index in [0.717, 1.165) is 28.2 Å². The minimum atomic E-state index is 0.234. The van der Waals surface area contributed by atoms with Crippen molar-refractivity contribution in [2.24, 2.45) is 0 Å². The number of nitrogens with two attached hydrogens (primary N) is 1. The molecule has 4 heterocycles. The summed E-state index contributed by atoms with van der Waals surface area (Å²) in [5.74, 6) is 0.817.